The monoisotopic (exact) mass is 450 g/mol. The van der Waals surface area contributed by atoms with Gasteiger partial charge in [0.05, 0.1) is 36.1 Å². The lowest BCUT2D eigenvalue weighted by molar-refractivity contribution is -0.329. The molecule has 8 N–H and O–H groups in total. The second kappa shape index (κ2) is 8.75. The maximum atomic E-state index is 11.1. The van der Waals surface area contributed by atoms with Crippen molar-refractivity contribution in [3.8, 4) is 0 Å². The third kappa shape index (κ3) is 4.40. The zero-order valence-corrected chi connectivity index (χ0v) is 18.3. The molecule has 2 aliphatic carbocycles. The largest absolute Gasteiger partial charge is 0.394 e. The van der Waals surface area contributed by atoms with Gasteiger partial charge in [-0.3, -0.25) is 0 Å². The van der Waals surface area contributed by atoms with Crippen LogP contribution >= 0.6 is 0 Å². The van der Waals surface area contributed by atoms with Crippen molar-refractivity contribution in [3.05, 3.63) is 0 Å². The van der Waals surface area contributed by atoms with E-state index in [0.717, 1.165) is 0 Å². The Morgan fingerprint density at radius 2 is 1.61 bits per heavy atom. The Morgan fingerprint density at radius 1 is 0.968 bits per heavy atom. The molecule has 0 spiro atoms. The van der Waals surface area contributed by atoms with Crippen LogP contribution in [0.2, 0.25) is 0 Å². The molecule has 182 valence electrons. The first-order valence-corrected chi connectivity index (χ1v) is 11.0. The van der Waals surface area contributed by atoms with Gasteiger partial charge in [0.1, 0.15) is 24.4 Å². The van der Waals surface area contributed by atoms with Gasteiger partial charge in [-0.05, 0) is 64.2 Å². The lowest BCUT2D eigenvalue weighted by atomic mass is 9.74. The van der Waals surface area contributed by atoms with Gasteiger partial charge in [-0.15, -0.1) is 0 Å². The lowest BCUT2D eigenvalue weighted by Crippen LogP contribution is -2.61. The van der Waals surface area contributed by atoms with E-state index < -0.39 is 78.7 Å². The fourth-order valence-corrected chi connectivity index (χ4v) is 5.72. The number of ether oxygens (including phenoxy) is 2. The molecule has 0 amide bonds. The molecule has 0 aromatic heterocycles. The van der Waals surface area contributed by atoms with Crippen molar-refractivity contribution in [2.24, 2.45) is 17.8 Å². The van der Waals surface area contributed by atoms with Crippen LogP contribution in [0, 0.1) is 17.8 Å². The third-order valence-corrected chi connectivity index (χ3v) is 8.07. The van der Waals surface area contributed by atoms with Crippen molar-refractivity contribution < 1.29 is 50.3 Å². The molecule has 11 unspecified atom stereocenters. The Kier molecular flexibility index (Phi) is 7.12. The Morgan fingerprint density at radius 3 is 2.19 bits per heavy atom. The topological polar surface area (TPSA) is 180 Å². The number of aliphatic hydroxyl groups excluding tert-OH is 6. The third-order valence-electron chi connectivity index (χ3n) is 8.07. The van der Waals surface area contributed by atoms with Crippen molar-refractivity contribution in [3.63, 3.8) is 0 Å². The Hall–Kier alpha value is -0.400. The second-order valence-electron chi connectivity index (χ2n) is 10.3. The highest BCUT2D eigenvalue weighted by atomic mass is 16.7. The number of aliphatic hydroxyl groups is 8. The number of fused-ring (bicyclic) bond motifs is 1. The summed E-state index contributed by atoms with van der Waals surface area (Å²) in [5.74, 6) is -1.25. The minimum absolute atomic E-state index is 0.176. The molecule has 11 atom stereocenters. The van der Waals surface area contributed by atoms with Gasteiger partial charge in [-0.2, -0.15) is 0 Å². The molecule has 31 heavy (non-hydrogen) atoms. The van der Waals surface area contributed by atoms with Gasteiger partial charge >= 0.3 is 0 Å². The van der Waals surface area contributed by atoms with Gasteiger partial charge in [-0.25, -0.2) is 0 Å². The molecule has 2 saturated carbocycles. The average Bonchev–Trinajstić information content (AvgIpc) is 2.84. The van der Waals surface area contributed by atoms with Gasteiger partial charge < -0.3 is 50.3 Å². The summed E-state index contributed by atoms with van der Waals surface area (Å²) in [4.78, 5) is 0. The Balaban J connectivity index is 1.82. The molecule has 0 aromatic rings. The van der Waals surface area contributed by atoms with Gasteiger partial charge in [0.15, 0.2) is 6.29 Å². The smallest absolute Gasteiger partial charge is 0.187 e. The number of rotatable bonds is 5. The molecule has 3 aliphatic rings. The minimum atomic E-state index is -1.56. The minimum Gasteiger partial charge on any atom is -0.394 e. The molecule has 10 nitrogen and oxygen atoms in total. The maximum Gasteiger partial charge on any atom is 0.187 e. The molecule has 0 bridgehead atoms. The van der Waals surface area contributed by atoms with E-state index in [1.54, 1.807) is 13.8 Å². The van der Waals surface area contributed by atoms with E-state index in [0.29, 0.717) is 12.8 Å². The summed E-state index contributed by atoms with van der Waals surface area (Å²) in [5, 5.41) is 82.1. The first kappa shape index (κ1) is 25.2. The molecule has 10 heteroatoms. The SMILES string of the molecule is CC(C)(OC1OC(CO)C(O)C(O)C1O)C1CCC(O)(CO)C2CC(O)C(C)(O)C2C1. The zero-order chi connectivity index (χ0) is 23.4. The van der Waals surface area contributed by atoms with Crippen molar-refractivity contribution in [2.45, 2.75) is 100 Å². The van der Waals surface area contributed by atoms with Crippen LogP contribution in [-0.2, 0) is 9.47 Å². The Labute approximate surface area is 182 Å². The first-order chi connectivity index (χ1) is 14.3. The van der Waals surface area contributed by atoms with Crippen LogP contribution in [0.5, 0.6) is 0 Å². The van der Waals surface area contributed by atoms with Crippen LogP contribution in [0.1, 0.15) is 46.5 Å². The van der Waals surface area contributed by atoms with Crippen LogP contribution in [0.3, 0.4) is 0 Å². The molecular formula is C21H38O10. The maximum absolute atomic E-state index is 11.1. The fraction of sp³-hybridized carbons (Fsp3) is 1.00. The second-order valence-corrected chi connectivity index (χ2v) is 10.3. The van der Waals surface area contributed by atoms with Gasteiger partial charge in [0.25, 0.3) is 0 Å². The van der Waals surface area contributed by atoms with Gasteiger partial charge in [0.2, 0.25) is 0 Å². The summed E-state index contributed by atoms with van der Waals surface area (Å²) in [7, 11) is 0. The number of hydrogen-bond donors (Lipinski definition) is 8. The summed E-state index contributed by atoms with van der Waals surface area (Å²) in [6.45, 7) is 4.00. The van der Waals surface area contributed by atoms with Crippen LogP contribution in [0.25, 0.3) is 0 Å². The van der Waals surface area contributed by atoms with E-state index in [9.17, 15) is 40.9 Å². The Bertz CT molecular complexity index is 625. The number of hydrogen-bond acceptors (Lipinski definition) is 10. The fourth-order valence-electron chi connectivity index (χ4n) is 5.72. The van der Waals surface area contributed by atoms with Crippen molar-refractivity contribution >= 4 is 0 Å². The summed E-state index contributed by atoms with van der Waals surface area (Å²) in [6, 6.07) is 0. The standard InChI is InChI=1S/C21H38O10/c1-19(2,31-18-17(27)16(26)15(25)13(8-22)30-18)10-4-5-21(29,9-23)12-7-14(24)20(3,28)11(12)6-10/h10-18,22-29H,4-9H2,1-3H3. The normalized spacial score (nSPS) is 51.4. The van der Waals surface area contributed by atoms with E-state index in [4.69, 9.17) is 9.47 Å². The molecule has 3 fully saturated rings. The summed E-state index contributed by atoms with van der Waals surface area (Å²) in [6.07, 6.45) is -6.78. The predicted molar refractivity (Wildman–Crippen MR) is 107 cm³/mol. The van der Waals surface area contributed by atoms with E-state index in [1.807, 2.05) is 0 Å². The highest BCUT2D eigenvalue weighted by Gasteiger charge is 2.60. The van der Waals surface area contributed by atoms with Crippen molar-refractivity contribution in [1.82, 2.24) is 0 Å². The van der Waals surface area contributed by atoms with E-state index in [-0.39, 0.29) is 18.8 Å². The molecule has 0 aromatic carbocycles. The van der Waals surface area contributed by atoms with Gasteiger partial charge in [0, 0.05) is 0 Å². The van der Waals surface area contributed by atoms with Crippen molar-refractivity contribution in [2.75, 3.05) is 13.2 Å². The zero-order valence-electron chi connectivity index (χ0n) is 18.3. The van der Waals surface area contributed by atoms with Crippen LogP contribution in [0.4, 0.5) is 0 Å². The highest BCUT2D eigenvalue weighted by Crippen LogP contribution is 2.54. The molecular weight excluding hydrogens is 412 g/mol. The molecule has 0 radical (unpaired) electrons. The van der Waals surface area contributed by atoms with Crippen molar-refractivity contribution in [1.29, 1.82) is 0 Å². The van der Waals surface area contributed by atoms with Crippen LogP contribution in [-0.4, -0.2) is 108 Å². The van der Waals surface area contributed by atoms with E-state index >= 15 is 0 Å². The first-order valence-electron chi connectivity index (χ1n) is 11.0. The summed E-state index contributed by atoms with van der Waals surface area (Å²) in [5.41, 5.74) is -3.86. The highest BCUT2D eigenvalue weighted by molar-refractivity contribution is 5.10. The molecule has 1 heterocycles. The lowest BCUT2D eigenvalue weighted by Gasteiger charge is -2.45. The molecule has 1 saturated heterocycles. The summed E-state index contributed by atoms with van der Waals surface area (Å²) < 4.78 is 11.5. The van der Waals surface area contributed by atoms with Gasteiger partial charge in [-0.1, -0.05) is 0 Å². The average molecular weight is 451 g/mol. The quantitative estimate of drug-likeness (QED) is 0.230. The van der Waals surface area contributed by atoms with Crippen LogP contribution < -0.4 is 0 Å². The summed E-state index contributed by atoms with van der Waals surface area (Å²) >= 11 is 0. The van der Waals surface area contributed by atoms with E-state index in [2.05, 4.69) is 0 Å². The predicted octanol–water partition coefficient (Wildman–Crippen LogP) is -2.15. The molecule has 1 aliphatic heterocycles. The van der Waals surface area contributed by atoms with Crippen LogP contribution in [0.15, 0.2) is 0 Å². The molecule has 3 rings (SSSR count). The van der Waals surface area contributed by atoms with E-state index in [1.165, 1.54) is 6.92 Å².